The molecule has 13 N–H and O–H groups in total. The molecule has 0 bridgehead atoms. The van der Waals surface area contributed by atoms with E-state index in [1.165, 1.54) is 24.3 Å². The molecule has 15 atom stereocenters. The van der Waals surface area contributed by atoms with E-state index in [1.807, 2.05) is 0 Å². The molecule has 298 valence electrons. The van der Waals surface area contributed by atoms with Crippen molar-refractivity contribution in [3.8, 4) is 34.3 Å². The molecule has 0 unspecified atom stereocenters. The van der Waals surface area contributed by atoms with Crippen molar-refractivity contribution in [3.05, 3.63) is 46.6 Å². The summed E-state index contributed by atoms with van der Waals surface area (Å²) in [4.78, 5) is 14.2. The van der Waals surface area contributed by atoms with Crippen LogP contribution in [0.3, 0.4) is 0 Å². The van der Waals surface area contributed by atoms with Crippen LogP contribution in [-0.4, -0.2) is 178 Å². The third kappa shape index (κ3) is 7.45. The lowest BCUT2D eigenvalue weighted by Crippen LogP contribution is -2.65. The minimum absolute atomic E-state index is 0.0723. The number of benzene rings is 2. The van der Waals surface area contributed by atoms with Crippen LogP contribution in [-0.2, 0) is 18.9 Å². The van der Waals surface area contributed by atoms with Crippen molar-refractivity contribution in [2.45, 2.75) is 92.1 Å². The molecule has 0 spiro atoms. The van der Waals surface area contributed by atoms with Crippen LogP contribution in [0.15, 0.2) is 45.6 Å². The number of aliphatic hydroxyl groups excluding tert-OH is 11. The highest BCUT2D eigenvalue weighted by atomic mass is 16.8. The van der Waals surface area contributed by atoms with E-state index in [9.17, 15) is 71.2 Å². The van der Waals surface area contributed by atoms with E-state index in [0.717, 1.165) is 12.1 Å². The molecule has 3 aliphatic rings. The highest BCUT2D eigenvalue weighted by molar-refractivity contribution is 5.88. The van der Waals surface area contributed by atoms with Gasteiger partial charge in [-0.1, -0.05) is 0 Å². The fraction of sp³-hybridized carbons (Fsp3) is 0.545. The molecule has 21 nitrogen and oxygen atoms in total. The Morgan fingerprint density at radius 3 is 1.69 bits per heavy atom. The predicted octanol–water partition coefficient (Wildman–Crippen LogP) is -4.95. The van der Waals surface area contributed by atoms with Gasteiger partial charge in [0.05, 0.1) is 19.8 Å². The Morgan fingerprint density at radius 2 is 1.11 bits per heavy atom. The summed E-state index contributed by atoms with van der Waals surface area (Å²) in [5, 5.41) is 133. The first-order valence-electron chi connectivity index (χ1n) is 16.5. The summed E-state index contributed by atoms with van der Waals surface area (Å²) in [6.45, 7) is -2.48. The number of rotatable bonds is 10. The van der Waals surface area contributed by atoms with Gasteiger partial charge in [-0.05, 0) is 24.3 Å². The number of hydrogen-bond donors (Lipinski definition) is 13. The maximum Gasteiger partial charge on any atom is 0.239 e. The highest BCUT2D eigenvalue weighted by Gasteiger charge is 2.52. The van der Waals surface area contributed by atoms with Gasteiger partial charge in [0, 0.05) is 17.7 Å². The topological polar surface area (TPSA) is 349 Å². The van der Waals surface area contributed by atoms with Crippen LogP contribution in [0.1, 0.15) is 0 Å². The van der Waals surface area contributed by atoms with Crippen LogP contribution < -0.4 is 14.9 Å². The van der Waals surface area contributed by atoms with Crippen molar-refractivity contribution in [1.82, 2.24) is 0 Å². The second kappa shape index (κ2) is 16.2. The number of hydrogen-bond acceptors (Lipinski definition) is 21. The van der Waals surface area contributed by atoms with Crippen molar-refractivity contribution in [3.63, 3.8) is 0 Å². The number of fused-ring (bicyclic) bond motifs is 1. The quantitative estimate of drug-likeness (QED) is 0.0918. The van der Waals surface area contributed by atoms with Gasteiger partial charge in [0.1, 0.15) is 95.4 Å². The Morgan fingerprint density at radius 1 is 0.593 bits per heavy atom. The van der Waals surface area contributed by atoms with Gasteiger partial charge >= 0.3 is 0 Å². The minimum Gasteiger partial charge on any atom is -0.508 e. The van der Waals surface area contributed by atoms with Crippen LogP contribution in [0.5, 0.6) is 23.0 Å². The summed E-state index contributed by atoms with van der Waals surface area (Å²) in [5.74, 6) is -2.38. The normalized spacial score (nSPS) is 37.3. The molecule has 1 aromatic heterocycles. The van der Waals surface area contributed by atoms with Gasteiger partial charge < -0.3 is 99.2 Å². The molecule has 2 aromatic carbocycles. The van der Waals surface area contributed by atoms with Crippen molar-refractivity contribution >= 4 is 11.0 Å². The Balaban J connectivity index is 1.41. The molecule has 0 saturated carbocycles. The first-order valence-corrected chi connectivity index (χ1v) is 16.5. The Labute approximate surface area is 303 Å². The lowest BCUT2D eigenvalue weighted by atomic mass is 9.97. The Bertz CT molecular complexity index is 1800. The lowest BCUT2D eigenvalue weighted by molar-refractivity contribution is -0.358. The molecule has 6 rings (SSSR count). The lowest BCUT2D eigenvalue weighted by Gasteiger charge is -2.45. The van der Waals surface area contributed by atoms with Crippen molar-refractivity contribution < 1.29 is 99.2 Å². The van der Waals surface area contributed by atoms with Crippen LogP contribution in [0.4, 0.5) is 0 Å². The van der Waals surface area contributed by atoms with Crippen LogP contribution in [0.25, 0.3) is 22.3 Å². The van der Waals surface area contributed by atoms with E-state index in [-0.39, 0.29) is 22.6 Å². The summed E-state index contributed by atoms with van der Waals surface area (Å²) in [6.07, 6.45) is -26.7. The van der Waals surface area contributed by atoms with E-state index in [4.69, 9.17) is 32.8 Å². The molecule has 4 heterocycles. The number of ether oxygens (including phenoxy) is 6. The van der Waals surface area contributed by atoms with E-state index >= 15 is 0 Å². The van der Waals surface area contributed by atoms with Crippen molar-refractivity contribution in [2.75, 3.05) is 19.8 Å². The predicted molar refractivity (Wildman–Crippen MR) is 173 cm³/mol. The molecule has 3 aromatic rings. The minimum atomic E-state index is -2.01. The van der Waals surface area contributed by atoms with Gasteiger partial charge in [0.2, 0.25) is 23.8 Å². The van der Waals surface area contributed by atoms with E-state index in [1.54, 1.807) is 0 Å². The average molecular weight is 773 g/mol. The SMILES string of the molecule is O=c1c(O[C@H]2O[C@H](CO)[C@@H](O)[C@H](O)[C@H]2O[C@@H]2O[C@H](CO)[C@@H](O)[C@H](O)[C@H]2O)c(-c2ccc(O)cc2)oc2cc(O[C@@H]3O[C@H](CO)[C@@H](O)[C@H](O)[C@H]3O)cc(O)c12. The summed E-state index contributed by atoms with van der Waals surface area (Å²) in [5.41, 5.74) is -1.38. The molecule has 0 aliphatic carbocycles. The van der Waals surface area contributed by atoms with Crippen LogP contribution >= 0.6 is 0 Å². The van der Waals surface area contributed by atoms with Crippen molar-refractivity contribution in [1.29, 1.82) is 0 Å². The van der Waals surface area contributed by atoms with Crippen molar-refractivity contribution in [2.24, 2.45) is 0 Å². The van der Waals surface area contributed by atoms with Gasteiger partial charge in [-0.3, -0.25) is 4.79 Å². The maximum absolute atomic E-state index is 14.2. The smallest absolute Gasteiger partial charge is 0.239 e. The first kappa shape index (κ1) is 39.9. The van der Waals surface area contributed by atoms with E-state index < -0.39 is 140 Å². The number of phenolic OH excluding ortho intramolecular Hbond substituents is 2. The van der Waals surface area contributed by atoms with E-state index in [0.29, 0.717) is 0 Å². The molecular formula is C33H40O21. The van der Waals surface area contributed by atoms with Gasteiger partial charge in [-0.15, -0.1) is 0 Å². The number of aromatic hydroxyl groups is 2. The van der Waals surface area contributed by atoms with Gasteiger partial charge in [-0.25, -0.2) is 0 Å². The fourth-order valence-electron chi connectivity index (χ4n) is 6.28. The van der Waals surface area contributed by atoms with Crippen LogP contribution in [0, 0.1) is 0 Å². The third-order valence-electron chi connectivity index (χ3n) is 9.33. The number of phenols is 2. The largest absolute Gasteiger partial charge is 0.508 e. The zero-order valence-corrected chi connectivity index (χ0v) is 27.8. The highest BCUT2D eigenvalue weighted by Crippen LogP contribution is 2.39. The summed E-state index contributed by atoms with van der Waals surface area (Å²) < 4.78 is 39.6. The number of aliphatic hydroxyl groups is 11. The molecule has 0 amide bonds. The molecule has 3 fully saturated rings. The second-order valence-corrected chi connectivity index (χ2v) is 12.9. The van der Waals surface area contributed by atoms with E-state index in [2.05, 4.69) is 0 Å². The molecule has 3 saturated heterocycles. The molecule has 0 radical (unpaired) electrons. The standard InChI is InChI=1S/C33H40O21/c34-7-15-19(39)23(43)26(46)31(50-15)48-12-5-13(38)18-14(6-12)49-28(10-1-3-11(37)4-2-10)29(22(18)42)53-33-30(25(45)21(41)17(9-36)52-33)54-32-27(47)24(44)20(40)16(8-35)51-32/h1-6,15-17,19-21,23-27,30-41,43-47H,7-9H2/t15-,16-,17-,19-,20-,21-,23+,24+,25+,26-,27-,30-,31-,32+,33-/m1/s1. The zero-order chi connectivity index (χ0) is 39.2. The third-order valence-corrected chi connectivity index (χ3v) is 9.33. The summed E-state index contributed by atoms with van der Waals surface area (Å²) in [7, 11) is 0. The van der Waals surface area contributed by atoms with Gasteiger partial charge in [-0.2, -0.15) is 0 Å². The molecule has 21 heteroatoms. The Kier molecular flexibility index (Phi) is 11.9. The average Bonchev–Trinajstić information content (AvgIpc) is 3.15. The molecule has 54 heavy (non-hydrogen) atoms. The maximum atomic E-state index is 14.2. The Hall–Kier alpha value is -3.75. The fourth-order valence-corrected chi connectivity index (χ4v) is 6.28. The zero-order valence-electron chi connectivity index (χ0n) is 27.8. The van der Waals surface area contributed by atoms with Crippen LogP contribution in [0.2, 0.25) is 0 Å². The summed E-state index contributed by atoms with van der Waals surface area (Å²) >= 11 is 0. The van der Waals surface area contributed by atoms with Gasteiger partial charge in [0.15, 0.2) is 18.2 Å². The molecular weight excluding hydrogens is 732 g/mol. The summed E-state index contributed by atoms with van der Waals surface area (Å²) in [6, 6.07) is 7.07. The van der Waals surface area contributed by atoms with Gasteiger partial charge in [0.25, 0.3) is 0 Å². The second-order valence-electron chi connectivity index (χ2n) is 12.9. The monoisotopic (exact) mass is 772 g/mol. The molecule has 3 aliphatic heterocycles. The first-order chi connectivity index (χ1) is 25.7.